The molecule has 0 radical (unpaired) electrons. The molecular formula is C23H23BrN2O. The van der Waals surface area contributed by atoms with Gasteiger partial charge in [0, 0.05) is 52.9 Å². The van der Waals surface area contributed by atoms with E-state index in [1.54, 1.807) is 6.20 Å². The van der Waals surface area contributed by atoms with Crippen molar-refractivity contribution in [2.75, 3.05) is 14.1 Å². The third-order valence-corrected chi connectivity index (χ3v) is 4.78. The van der Waals surface area contributed by atoms with E-state index in [4.69, 9.17) is 0 Å². The molecule has 0 atom stereocenters. The standard InChI is InChI=1S/C23H23BrN2O/c1-23(2)10-5-6-16(9-11-23)22(27)20(15-26(3)4)17-7-8-21-18(12-17)13-19(24)14-25-21/h5-15H,1-4H3/b20-15+. The van der Waals surface area contributed by atoms with E-state index in [0.29, 0.717) is 11.1 Å². The van der Waals surface area contributed by atoms with Gasteiger partial charge < -0.3 is 4.90 Å². The number of hydrogen-bond acceptors (Lipinski definition) is 3. The number of nitrogens with zero attached hydrogens (tertiary/aromatic N) is 2. The number of allylic oxidation sites excluding steroid dienone is 7. The Morgan fingerprint density at radius 1 is 1.19 bits per heavy atom. The number of rotatable bonds is 4. The summed E-state index contributed by atoms with van der Waals surface area (Å²) in [6, 6.07) is 7.94. The number of Topliss-reactive ketones (excluding diaryl/α,β-unsaturated/α-hetero) is 1. The van der Waals surface area contributed by atoms with E-state index in [1.165, 1.54) is 0 Å². The molecule has 3 rings (SSSR count). The number of hydrogen-bond donors (Lipinski definition) is 0. The third kappa shape index (κ3) is 4.64. The predicted molar refractivity (Wildman–Crippen MR) is 116 cm³/mol. The molecule has 27 heavy (non-hydrogen) atoms. The molecule has 2 aromatic rings. The first-order valence-corrected chi connectivity index (χ1v) is 9.62. The molecule has 0 saturated heterocycles. The molecule has 0 aliphatic heterocycles. The fourth-order valence-electron chi connectivity index (χ4n) is 2.92. The van der Waals surface area contributed by atoms with Crippen molar-refractivity contribution in [2.45, 2.75) is 13.8 Å². The summed E-state index contributed by atoms with van der Waals surface area (Å²) in [6.45, 7) is 4.23. The van der Waals surface area contributed by atoms with E-state index in [-0.39, 0.29) is 11.2 Å². The summed E-state index contributed by atoms with van der Waals surface area (Å²) >= 11 is 3.47. The minimum atomic E-state index is -0.0646. The fraction of sp³-hybridized carbons (Fsp3) is 0.217. The zero-order chi connectivity index (χ0) is 19.6. The highest BCUT2D eigenvalue weighted by Crippen LogP contribution is 2.28. The number of pyridine rings is 1. The Bertz CT molecular complexity index is 1010. The van der Waals surface area contributed by atoms with Crippen LogP contribution in [0.4, 0.5) is 0 Å². The van der Waals surface area contributed by atoms with Gasteiger partial charge in [-0.3, -0.25) is 9.78 Å². The largest absolute Gasteiger partial charge is 0.383 e. The molecule has 1 aliphatic carbocycles. The summed E-state index contributed by atoms with van der Waals surface area (Å²) in [5.74, 6) is 0.00426. The predicted octanol–water partition coefficient (Wildman–Crippen LogP) is 5.55. The van der Waals surface area contributed by atoms with Gasteiger partial charge in [-0.25, -0.2) is 0 Å². The zero-order valence-corrected chi connectivity index (χ0v) is 17.6. The first-order valence-electron chi connectivity index (χ1n) is 8.82. The summed E-state index contributed by atoms with van der Waals surface area (Å²) in [4.78, 5) is 19.6. The Labute approximate surface area is 168 Å². The van der Waals surface area contributed by atoms with Crippen LogP contribution in [0.2, 0.25) is 0 Å². The van der Waals surface area contributed by atoms with E-state index in [1.807, 2.05) is 67.7 Å². The molecule has 0 fully saturated rings. The van der Waals surface area contributed by atoms with Crippen molar-refractivity contribution in [2.24, 2.45) is 5.41 Å². The quantitative estimate of drug-likeness (QED) is 0.605. The van der Waals surface area contributed by atoms with Crippen molar-refractivity contribution in [3.63, 3.8) is 0 Å². The normalized spacial score (nSPS) is 16.2. The molecule has 0 bridgehead atoms. The van der Waals surface area contributed by atoms with Gasteiger partial charge in [0.25, 0.3) is 0 Å². The van der Waals surface area contributed by atoms with E-state index >= 15 is 0 Å². The topological polar surface area (TPSA) is 33.2 Å². The monoisotopic (exact) mass is 422 g/mol. The lowest BCUT2D eigenvalue weighted by Gasteiger charge is -2.14. The maximum Gasteiger partial charge on any atom is 0.195 e. The molecule has 0 N–H and O–H groups in total. The van der Waals surface area contributed by atoms with Crippen LogP contribution in [0.15, 0.2) is 77.1 Å². The van der Waals surface area contributed by atoms with Crippen molar-refractivity contribution in [3.05, 3.63) is 82.7 Å². The van der Waals surface area contributed by atoms with Gasteiger partial charge in [0.1, 0.15) is 0 Å². The lowest BCUT2D eigenvalue weighted by atomic mass is 9.92. The third-order valence-electron chi connectivity index (χ3n) is 4.35. The summed E-state index contributed by atoms with van der Waals surface area (Å²) < 4.78 is 0.915. The van der Waals surface area contributed by atoms with E-state index in [9.17, 15) is 4.79 Å². The van der Waals surface area contributed by atoms with E-state index < -0.39 is 0 Å². The molecule has 138 valence electrons. The maximum absolute atomic E-state index is 13.3. The van der Waals surface area contributed by atoms with Gasteiger partial charge in [-0.2, -0.15) is 0 Å². The first-order chi connectivity index (χ1) is 12.7. The number of ketones is 1. The lowest BCUT2D eigenvalue weighted by molar-refractivity contribution is -0.110. The molecule has 1 aromatic heterocycles. The Kier molecular flexibility index (Phi) is 5.47. The van der Waals surface area contributed by atoms with Crippen LogP contribution >= 0.6 is 15.9 Å². The first kappa shape index (κ1) is 19.3. The fourth-order valence-corrected chi connectivity index (χ4v) is 3.27. The molecule has 4 heteroatoms. The van der Waals surface area contributed by atoms with Crippen LogP contribution in [0.3, 0.4) is 0 Å². The second kappa shape index (κ2) is 7.65. The molecule has 1 aliphatic rings. The summed E-state index contributed by atoms with van der Waals surface area (Å²) in [5.41, 5.74) is 3.05. The van der Waals surface area contributed by atoms with E-state index in [2.05, 4.69) is 46.9 Å². The Morgan fingerprint density at radius 3 is 2.70 bits per heavy atom. The van der Waals surface area contributed by atoms with Crippen molar-refractivity contribution in [1.29, 1.82) is 0 Å². The van der Waals surface area contributed by atoms with Gasteiger partial charge in [0.05, 0.1) is 5.52 Å². The SMILES string of the molecule is CN(C)/C=C(/C(=O)C1=CC=CC(C)(C)C=C1)c1ccc2ncc(Br)cc2c1. The lowest BCUT2D eigenvalue weighted by Crippen LogP contribution is -2.10. The zero-order valence-electron chi connectivity index (χ0n) is 16.0. The molecular weight excluding hydrogens is 400 g/mol. The van der Waals surface area contributed by atoms with Crippen molar-refractivity contribution < 1.29 is 4.79 Å². The minimum Gasteiger partial charge on any atom is -0.383 e. The molecule has 1 heterocycles. The number of aromatic nitrogens is 1. The Morgan fingerprint density at radius 2 is 1.96 bits per heavy atom. The Hall–Kier alpha value is -2.46. The average molecular weight is 423 g/mol. The average Bonchev–Trinajstić information content (AvgIpc) is 2.79. The minimum absolute atomic E-state index is 0.00426. The molecule has 0 unspecified atom stereocenters. The summed E-state index contributed by atoms with van der Waals surface area (Å²) in [6.07, 6.45) is 13.6. The highest BCUT2D eigenvalue weighted by atomic mass is 79.9. The van der Waals surface area contributed by atoms with Crippen molar-refractivity contribution >= 4 is 38.2 Å². The van der Waals surface area contributed by atoms with Gasteiger partial charge in [-0.15, -0.1) is 0 Å². The highest BCUT2D eigenvalue weighted by molar-refractivity contribution is 9.10. The maximum atomic E-state index is 13.3. The number of carbonyl (C=O) groups is 1. The van der Waals surface area contributed by atoms with Gasteiger partial charge in [0.15, 0.2) is 5.78 Å². The Balaban J connectivity index is 2.06. The summed E-state index contributed by atoms with van der Waals surface area (Å²) in [7, 11) is 3.85. The number of halogens is 1. The molecule has 1 aromatic carbocycles. The number of benzene rings is 1. The van der Waals surface area contributed by atoms with Crippen LogP contribution in [-0.4, -0.2) is 29.8 Å². The molecule has 3 nitrogen and oxygen atoms in total. The van der Waals surface area contributed by atoms with Gasteiger partial charge in [-0.1, -0.05) is 50.3 Å². The second-order valence-electron chi connectivity index (χ2n) is 7.53. The molecule has 0 spiro atoms. The molecule has 0 saturated carbocycles. The van der Waals surface area contributed by atoms with Crippen LogP contribution in [0.5, 0.6) is 0 Å². The second-order valence-corrected chi connectivity index (χ2v) is 8.45. The smallest absolute Gasteiger partial charge is 0.195 e. The van der Waals surface area contributed by atoms with Gasteiger partial charge >= 0.3 is 0 Å². The van der Waals surface area contributed by atoms with Crippen LogP contribution in [-0.2, 0) is 4.79 Å². The van der Waals surface area contributed by atoms with Gasteiger partial charge in [0.2, 0.25) is 0 Å². The van der Waals surface area contributed by atoms with Crippen LogP contribution < -0.4 is 0 Å². The van der Waals surface area contributed by atoms with E-state index in [0.717, 1.165) is 20.9 Å². The number of fused-ring (bicyclic) bond motifs is 1. The van der Waals surface area contributed by atoms with Crippen molar-refractivity contribution in [1.82, 2.24) is 9.88 Å². The van der Waals surface area contributed by atoms with Gasteiger partial charge in [-0.05, 0) is 39.7 Å². The number of carbonyl (C=O) groups excluding carboxylic acids is 1. The van der Waals surface area contributed by atoms with Crippen LogP contribution in [0, 0.1) is 5.41 Å². The van der Waals surface area contributed by atoms with Crippen LogP contribution in [0.25, 0.3) is 16.5 Å². The summed E-state index contributed by atoms with van der Waals surface area (Å²) in [5, 5.41) is 0.991. The van der Waals surface area contributed by atoms with Crippen LogP contribution in [0.1, 0.15) is 19.4 Å². The molecule has 0 amide bonds. The highest BCUT2D eigenvalue weighted by Gasteiger charge is 2.19. The van der Waals surface area contributed by atoms with Crippen molar-refractivity contribution in [3.8, 4) is 0 Å².